The molecule has 0 unspecified atom stereocenters. The molecule has 0 aliphatic heterocycles. The standard InChI is InChI=1S/C15H13FN2O/c1-11-7-8-17-14(9-11)18-15(19)6-5-12-3-2-4-13(16)10-12/h2-10H,1H3,(H,17,18,19)/b6-5+. The highest BCUT2D eigenvalue weighted by Crippen LogP contribution is 2.07. The molecule has 0 saturated heterocycles. The van der Waals surface area contributed by atoms with Gasteiger partial charge in [0.25, 0.3) is 0 Å². The minimum atomic E-state index is -0.331. The summed E-state index contributed by atoms with van der Waals surface area (Å²) in [5, 5.41) is 2.64. The van der Waals surface area contributed by atoms with Gasteiger partial charge in [0.2, 0.25) is 5.91 Å². The summed E-state index contributed by atoms with van der Waals surface area (Å²) in [5.74, 6) is -0.140. The molecule has 1 aromatic carbocycles. The van der Waals surface area contributed by atoms with E-state index in [0.29, 0.717) is 11.4 Å². The maximum Gasteiger partial charge on any atom is 0.249 e. The maximum atomic E-state index is 12.9. The summed E-state index contributed by atoms with van der Waals surface area (Å²) in [6, 6.07) is 9.64. The van der Waals surface area contributed by atoms with Gasteiger partial charge in [0.05, 0.1) is 0 Å². The van der Waals surface area contributed by atoms with Crippen LogP contribution >= 0.6 is 0 Å². The van der Waals surface area contributed by atoms with Crippen LogP contribution in [0.1, 0.15) is 11.1 Å². The number of hydrogen-bond donors (Lipinski definition) is 1. The lowest BCUT2D eigenvalue weighted by molar-refractivity contribution is -0.111. The number of anilines is 1. The molecule has 0 atom stereocenters. The fourth-order valence-corrected chi connectivity index (χ4v) is 1.55. The van der Waals surface area contributed by atoms with E-state index >= 15 is 0 Å². The van der Waals surface area contributed by atoms with Gasteiger partial charge in [-0.05, 0) is 48.4 Å². The van der Waals surface area contributed by atoms with Gasteiger partial charge in [0.15, 0.2) is 0 Å². The first-order chi connectivity index (χ1) is 9.13. The van der Waals surface area contributed by atoms with E-state index in [1.54, 1.807) is 30.5 Å². The Hall–Kier alpha value is -2.49. The second-order valence-electron chi connectivity index (χ2n) is 4.10. The lowest BCUT2D eigenvalue weighted by Gasteiger charge is -2.01. The molecule has 1 aromatic heterocycles. The van der Waals surface area contributed by atoms with Gasteiger partial charge >= 0.3 is 0 Å². The number of hydrogen-bond acceptors (Lipinski definition) is 2. The van der Waals surface area contributed by atoms with Crippen molar-refractivity contribution in [1.82, 2.24) is 4.98 Å². The summed E-state index contributed by atoms with van der Waals surface area (Å²) in [6.45, 7) is 1.92. The molecular formula is C15H13FN2O. The number of rotatable bonds is 3. The summed E-state index contributed by atoms with van der Waals surface area (Å²) in [5.41, 5.74) is 1.65. The molecule has 0 fully saturated rings. The Labute approximate surface area is 110 Å². The molecule has 0 bridgehead atoms. The number of carbonyl (C=O) groups excluding carboxylic acids is 1. The smallest absolute Gasteiger partial charge is 0.249 e. The van der Waals surface area contributed by atoms with Crippen LogP contribution < -0.4 is 5.32 Å². The maximum absolute atomic E-state index is 12.9. The van der Waals surface area contributed by atoms with Crippen molar-refractivity contribution in [1.29, 1.82) is 0 Å². The molecule has 19 heavy (non-hydrogen) atoms. The molecule has 0 aliphatic carbocycles. The molecule has 0 spiro atoms. The van der Waals surface area contributed by atoms with Crippen LogP contribution in [0.15, 0.2) is 48.7 Å². The topological polar surface area (TPSA) is 42.0 Å². The zero-order chi connectivity index (χ0) is 13.7. The van der Waals surface area contributed by atoms with Crippen molar-refractivity contribution >= 4 is 17.8 Å². The Kier molecular flexibility index (Phi) is 4.03. The van der Waals surface area contributed by atoms with E-state index in [4.69, 9.17) is 0 Å². The molecule has 96 valence electrons. The van der Waals surface area contributed by atoms with Crippen molar-refractivity contribution in [2.75, 3.05) is 5.32 Å². The van der Waals surface area contributed by atoms with Crippen LogP contribution in [0.2, 0.25) is 0 Å². The summed E-state index contributed by atoms with van der Waals surface area (Å²) in [4.78, 5) is 15.7. The van der Waals surface area contributed by atoms with Crippen molar-refractivity contribution < 1.29 is 9.18 Å². The van der Waals surface area contributed by atoms with E-state index in [-0.39, 0.29) is 11.7 Å². The Morgan fingerprint density at radius 3 is 2.89 bits per heavy atom. The van der Waals surface area contributed by atoms with Crippen LogP contribution in [0.3, 0.4) is 0 Å². The highest BCUT2D eigenvalue weighted by molar-refractivity contribution is 6.01. The third-order valence-electron chi connectivity index (χ3n) is 2.44. The zero-order valence-electron chi connectivity index (χ0n) is 10.4. The fraction of sp³-hybridized carbons (Fsp3) is 0.0667. The van der Waals surface area contributed by atoms with E-state index in [2.05, 4.69) is 10.3 Å². The van der Waals surface area contributed by atoms with Crippen LogP contribution in [0.25, 0.3) is 6.08 Å². The first kappa shape index (κ1) is 13.0. The third kappa shape index (κ3) is 4.03. The van der Waals surface area contributed by atoms with Gasteiger partial charge in [-0.15, -0.1) is 0 Å². The number of nitrogens with one attached hydrogen (secondary N) is 1. The molecule has 4 heteroatoms. The van der Waals surface area contributed by atoms with E-state index < -0.39 is 0 Å². The van der Waals surface area contributed by atoms with E-state index in [1.165, 1.54) is 18.2 Å². The average Bonchev–Trinajstić information content (AvgIpc) is 2.36. The van der Waals surface area contributed by atoms with Crippen LogP contribution in [-0.2, 0) is 4.79 Å². The molecule has 3 nitrogen and oxygen atoms in total. The molecule has 2 aromatic rings. The van der Waals surface area contributed by atoms with Crippen LogP contribution in [0.4, 0.5) is 10.2 Å². The number of aromatic nitrogens is 1. The predicted molar refractivity (Wildman–Crippen MR) is 73.0 cm³/mol. The molecule has 0 aliphatic rings. The minimum absolute atomic E-state index is 0.303. The summed E-state index contributed by atoms with van der Waals surface area (Å²) in [7, 11) is 0. The Bertz CT molecular complexity index is 623. The number of pyridine rings is 1. The number of aryl methyl sites for hydroxylation is 1. The van der Waals surface area contributed by atoms with E-state index in [9.17, 15) is 9.18 Å². The molecule has 0 radical (unpaired) electrons. The normalized spacial score (nSPS) is 10.6. The summed E-state index contributed by atoms with van der Waals surface area (Å²) < 4.78 is 12.9. The van der Waals surface area contributed by atoms with Gasteiger partial charge in [-0.25, -0.2) is 9.37 Å². The Morgan fingerprint density at radius 1 is 1.32 bits per heavy atom. The van der Waals surface area contributed by atoms with Gasteiger partial charge in [-0.1, -0.05) is 12.1 Å². The molecule has 1 N–H and O–H groups in total. The van der Waals surface area contributed by atoms with E-state index in [1.807, 2.05) is 13.0 Å². The number of amides is 1. The number of nitrogens with zero attached hydrogens (tertiary/aromatic N) is 1. The van der Waals surface area contributed by atoms with Crippen molar-refractivity contribution in [3.8, 4) is 0 Å². The van der Waals surface area contributed by atoms with Crippen LogP contribution in [-0.4, -0.2) is 10.9 Å². The van der Waals surface area contributed by atoms with Gasteiger partial charge in [0, 0.05) is 12.3 Å². The first-order valence-corrected chi connectivity index (χ1v) is 5.81. The quantitative estimate of drug-likeness (QED) is 0.857. The largest absolute Gasteiger partial charge is 0.307 e. The highest BCUT2D eigenvalue weighted by atomic mass is 19.1. The van der Waals surface area contributed by atoms with E-state index in [0.717, 1.165) is 5.56 Å². The van der Waals surface area contributed by atoms with Gasteiger partial charge in [-0.2, -0.15) is 0 Å². The fourth-order valence-electron chi connectivity index (χ4n) is 1.55. The van der Waals surface area contributed by atoms with Crippen molar-refractivity contribution in [3.63, 3.8) is 0 Å². The van der Waals surface area contributed by atoms with Crippen LogP contribution in [0, 0.1) is 12.7 Å². The second-order valence-corrected chi connectivity index (χ2v) is 4.10. The third-order valence-corrected chi connectivity index (χ3v) is 2.44. The van der Waals surface area contributed by atoms with Gasteiger partial charge in [-0.3, -0.25) is 4.79 Å². The second kappa shape index (κ2) is 5.91. The Morgan fingerprint density at radius 2 is 2.16 bits per heavy atom. The monoisotopic (exact) mass is 256 g/mol. The lowest BCUT2D eigenvalue weighted by atomic mass is 10.2. The lowest BCUT2D eigenvalue weighted by Crippen LogP contribution is -2.09. The van der Waals surface area contributed by atoms with Gasteiger partial charge < -0.3 is 5.32 Å². The van der Waals surface area contributed by atoms with Gasteiger partial charge in [0.1, 0.15) is 11.6 Å². The number of benzene rings is 1. The van der Waals surface area contributed by atoms with Crippen LogP contribution in [0.5, 0.6) is 0 Å². The molecular weight excluding hydrogens is 243 g/mol. The highest BCUT2D eigenvalue weighted by Gasteiger charge is 1.99. The SMILES string of the molecule is Cc1ccnc(NC(=O)/C=C/c2cccc(F)c2)c1. The average molecular weight is 256 g/mol. The molecule has 0 saturated carbocycles. The zero-order valence-corrected chi connectivity index (χ0v) is 10.4. The molecule has 2 rings (SSSR count). The Balaban J connectivity index is 2.01. The number of carbonyl (C=O) groups is 1. The number of halogens is 1. The first-order valence-electron chi connectivity index (χ1n) is 5.81. The summed E-state index contributed by atoms with van der Waals surface area (Å²) in [6.07, 6.45) is 4.52. The molecule has 1 heterocycles. The predicted octanol–water partition coefficient (Wildman–Crippen LogP) is 3.18. The minimum Gasteiger partial charge on any atom is -0.307 e. The van der Waals surface area contributed by atoms with Crippen molar-refractivity contribution in [2.24, 2.45) is 0 Å². The van der Waals surface area contributed by atoms with Crippen molar-refractivity contribution in [3.05, 3.63) is 65.6 Å². The molecule has 1 amide bonds. The summed E-state index contributed by atoms with van der Waals surface area (Å²) >= 11 is 0. The van der Waals surface area contributed by atoms with Crippen molar-refractivity contribution in [2.45, 2.75) is 6.92 Å².